The standard InChI is InChI=1S/2Ce.O4Si/c;;1-5(2,3)4/q2*+3;-4. The summed E-state index contributed by atoms with van der Waals surface area (Å²) >= 11 is 0. The molecule has 0 saturated carbocycles. The Labute approximate surface area is 109 Å². The smallest absolute Gasteiger partial charge is 0.894 e. The van der Waals surface area contributed by atoms with Crippen molar-refractivity contribution in [2.75, 3.05) is 0 Å². The zero-order chi connectivity index (χ0) is 4.50. The van der Waals surface area contributed by atoms with Gasteiger partial charge in [-0.1, -0.05) is 0 Å². The second-order valence-corrected chi connectivity index (χ2v) is 1.50. The molecule has 0 aromatic rings. The van der Waals surface area contributed by atoms with Crippen molar-refractivity contribution in [1.29, 1.82) is 0 Å². The van der Waals surface area contributed by atoms with Gasteiger partial charge in [-0.15, -0.1) is 0 Å². The van der Waals surface area contributed by atoms with Gasteiger partial charge < -0.3 is 28.2 Å². The monoisotopic (exact) mass is 372 g/mol. The van der Waals surface area contributed by atoms with Gasteiger partial charge in [-0.2, -0.15) is 0 Å². The van der Waals surface area contributed by atoms with E-state index in [1.807, 2.05) is 0 Å². The van der Waals surface area contributed by atoms with Crippen LogP contribution < -0.4 is 19.2 Å². The van der Waals surface area contributed by atoms with Crippen molar-refractivity contribution in [3.63, 3.8) is 0 Å². The molecule has 0 aliphatic rings. The average molecular weight is 372 g/mol. The van der Waals surface area contributed by atoms with E-state index >= 15 is 0 Å². The van der Waals surface area contributed by atoms with E-state index in [1.165, 1.54) is 0 Å². The van der Waals surface area contributed by atoms with E-state index in [9.17, 15) is 0 Å². The van der Waals surface area contributed by atoms with Crippen LogP contribution >= 0.6 is 0 Å². The normalized spacial score (nSPS) is 8.57. The van der Waals surface area contributed by atoms with E-state index in [0.29, 0.717) is 0 Å². The van der Waals surface area contributed by atoms with Gasteiger partial charge in [0, 0.05) is 0 Å². The Balaban J connectivity index is -0.0000000800. The van der Waals surface area contributed by atoms with Crippen LogP contribution in [0.5, 0.6) is 0 Å². The van der Waals surface area contributed by atoms with Crippen molar-refractivity contribution >= 4 is 9.05 Å². The van der Waals surface area contributed by atoms with Crippen molar-refractivity contribution in [2.24, 2.45) is 0 Å². The van der Waals surface area contributed by atoms with Crippen molar-refractivity contribution in [2.45, 2.75) is 0 Å². The second kappa shape index (κ2) is 6.92. The van der Waals surface area contributed by atoms with E-state index in [0.717, 1.165) is 0 Å². The average Bonchev–Trinajstić information content (AvgIpc) is 0.722. The summed E-state index contributed by atoms with van der Waals surface area (Å²) in [7, 11) is -5.61. The van der Waals surface area contributed by atoms with Gasteiger partial charge in [-0.25, -0.2) is 0 Å². The van der Waals surface area contributed by atoms with E-state index in [4.69, 9.17) is 19.2 Å². The summed E-state index contributed by atoms with van der Waals surface area (Å²) in [6.07, 6.45) is 0. The summed E-state index contributed by atoms with van der Waals surface area (Å²) in [6, 6.07) is 0. The topological polar surface area (TPSA) is 92.2 Å². The van der Waals surface area contributed by atoms with Gasteiger partial charge in [-0.3, -0.25) is 0 Å². The summed E-state index contributed by atoms with van der Waals surface area (Å²) < 4.78 is 0. The van der Waals surface area contributed by atoms with E-state index in [2.05, 4.69) is 0 Å². The molecule has 34 valence electrons. The molecule has 0 amide bonds. The zero-order valence-electron chi connectivity index (χ0n) is 3.13. The number of hydrogen-bond donors (Lipinski definition) is 0. The van der Waals surface area contributed by atoms with Crippen LogP contribution in [0.4, 0.5) is 0 Å². The molecular weight excluding hydrogens is 372 g/mol. The van der Waals surface area contributed by atoms with Gasteiger partial charge in [0.05, 0.1) is 0 Å². The van der Waals surface area contributed by atoms with Crippen LogP contribution in [0.25, 0.3) is 0 Å². The van der Waals surface area contributed by atoms with Crippen molar-refractivity contribution in [1.82, 2.24) is 0 Å². The molecule has 0 aromatic heterocycles. The largest absolute Gasteiger partial charge is 3.00 e. The molecule has 0 atom stereocenters. The minimum Gasteiger partial charge on any atom is -0.894 e. The van der Waals surface area contributed by atoms with Crippen LogP contribution in [0.15, 0.2) is 0 Å². The van der Waals surface area contributed by atoms with Gasteiger partial charge in [-0.05, 0) is 0 Å². The fourth-order valence-electron chi connectivity index (χ4n) is 0. The Kier molecular flexibility index (Phi) is 16.2. The van der Waals surface area contributed by atoms with Gasteiger partial charge in [0.2, 0.25) is 0 Å². The molecule has 7 heavy (non-hydrogen) atoms. The Morgan fingerprint density at radius 1 is 0.714 bits per heavy atom. The van der Waals surface area contributed by atoms with Crippen molar-refractivity contribution in [3.05, 3.63) is 0 Å². The Morgan fingerprint density at radius 2 is 0.714 bits per heavy atom. The molecule has 0 unspecified atom stereocenters. The minimum absolute atomic E-state index is 0. The predicted octanol–water partition coefficient (Wildman–Crippen LogP) is -5.14. The molecule has 0 heterocycles. The van der Waals surface area contributed by atoms with Crippen molar-refractivity contribution < 1.29 is 103 Å². The van der Waals surface area contributed by atoms with Gasteiger partial charge in [0.1, 0.15) is 0 Å². The number of hydrogen-bond acceptors (Lipinski definition) is 4. The molecule has 0 fully saturated rings. The van der Waals surface area contributed by atoms with Crippen LogP contribution in [0.1, 0.15) is 0 Å². The van der Waals surface area contributed by atoms with Crippen LogP contribution in [-0.2, 0) is 0 Å². The fraction of sp³-hybridized carbons (Fsp3) is 0. The third-order valence-electron chi connectivity index (χ3n) is 0. The summed E-state index contributed by atoms with van der Waals surface area (Å²) in [4.78, 5) is 34.3. The summed E-state index contributed by atoms with van der Waals surface area (Å²) in [5, 5.41) is 0. The molecule has 0 saturated heterocycles. The van der Waals surface area contributed by atoms with Gasteiger partial charge in [0.15, 0.2) is 0 Å². The van der Waals surface area contributed by atoms with Crippen LogP contribution in [0.3, 0.4) is 0 Å². The van der Waals surface area contributed by atoms with Crippen LogP contribution in [0, 0.1) is 83.5 Å². The molecule has 0 aromatic carbocycles. The first kappa shape index (κ1) is 16.4. The molecule has 0 aliphatic carbocycles. The first-order valence-corrected chi connectivity index (χ1v) is 2.45. The molecule has 7 heteroatoms. The van der Waals surface area contributed by atoms with E-state index in [-0.39, 0.29) is 83.5 Å². The van der Waals surface area contributed by atoms with Gasteiger partial charge >= 0.3 is 83.5 Å². The molecule has 0 spiro atoms. The predicted molar refractivity (Wildman–Crippen MR) is 5.75 cm³/mol. The molecule has 0 rings (SSSR count). The van der Waals surface area contributed by atoms with Crippen LogP contribution in [0.2, 0.25) is 0 Å². The SMILES string of the molecule is [Ce+3].[Ce+3].[O-][Si]([O-])([O-])[O-]. The van der Waals surface area contributed by atoms with E-state index in [1.54, 1.807) is 0 Å². The molecule has 4 nitrogen and oxygen atoms in total. The number of rotatable bonds is 0. The Morgan fingerprint density at radius 3 is 0.714 bits per heavy atom. The first-order chi connectivity index (χ1) is 2.00. The molecule has 2 radical (unpaired) electrons. The zero-order valence-corrected chi connectivity index (χ0v) is 10.4. The molecule has 0 N–H and O–H groups in total. The maximum Gasteiger partial charge on any atom is 3.00 e. The van der Waals surface area contributed by atoms with E-state index < -0.39 is 9.05 Å². The third-order valence-corrected chi connectivity index (χ3v) is 0. The summed E-state index contributed by atoms with van der Waals surface area (Å²) in [5.74, 6) is 0. The van der Waals surface area contributed by atoms with Crippen molar-refractivity contribution in [3.8, 4) is 0 Å². The molecule has 0 aliphatic heterocycles. The third kappa shape index (κ3) is 51.7. The molecule has 0 bridgehead atoms. The Hall–Kier alpha value is 2.81. The Bertz CT molecular complexity index is 25.2. The quantitative estimate of drug-likeness (QED) is 0.398. The van der Waals surface area contributed by atoms with Crippen LogP contribution in [-0.4, -0.2) is 9.05 Å². The maximum absolute atomic E-state index is 8.58. The molecular formula is Ce2O4Si+2. The summed E-state index contributed by atoms with van der Waals surface area (Å²) in [6.45, 7) is 0. The second-order valence-electron chi connectivity index (χ2n) is 0.500. The summed E-state index contributed by atoms with van der Waals surface area (Å²) in [5.41, 5.74) is 0. The minimum atomic E-state index is -5.61. The fourth-order valence-corrected chi connectivity index (χ4v) is 0. The first-order valence-electron chi connectivity index (χ1n) is 0.816. The van der Waals surface area contributed by atoms with Gasteiger partial charge in [0.25, 0.3) is 0 Å². The maximum atomic E-state index is 8.58.